The zero-order chi connectivity index (χ0) is 27.9. The van der Waals surface area contributed by atoms with Gasteiger partial charge in [-0.2, -0.15) is 26.3 Å². The first-order valence-corrected chi connectivity index (χ1v) is 11.0. The fourth-order valence-electron chi connectivity index (χ4n) is 4.23. The van der Waals surface area contributed by atoms with Gasteiger partial charge >= 0.3 is 18.7 Å². The van der Waals surface area contributed by atoms with E-state index in [0.29, 0.717) is 12.5 Å². The Balaban J connectivity index is 1.72. The van der Waals surface area contributed by atoms with Gasteiger partial charge in [-0.15, -0.1) is 13.2 Å². The van der Waals surface area contributed by atoms with E-state index >= 15 is 0 Å². The number of pyridine rings is 1. The number of aromatic nitrogens is 1. The number of amides is 1. The highest BCUT2D eigenvalue weighted by Crippen LogP contribution is 2.42. The van der Waals surface area contributed by atoms with Crippen molar-refractivity contribution in [3.05, 3.63) is 83.2 Å². The molecule has 0 bridgehead atoms. The number of carbonyl (C=O) groups is 1. The van der Waals surface area contributed by atoms with Crippen LogP contribution in [0.3, 0.4) is 0 Å². The van der Waals surface area contributed by atoms with E-state index in [1.807, 2.05) is 6.07 Å². The molecule has 1 aliphatic rings. The molecule has 202 valence electrons. The Kier molecular flexibility index (Phi) is 7.06. The molecule has 1 aliphatic heterocycles. The topological polar surface area (TPSA) is 42.4 Å². The first-order chi connectivity index (χ1) is 17.6. The molecule has 4 nitrogen and oxygen atoms in total. The Labute approximate surface area is 209 Å². The Morgan fingerprint density at radius 2 is 1.55 bits per heavy atom. The Morgan fingerprint density at radius 3 is 2.11 bits per heavy atom. The number of carbonyl (C=O) groups excluding carboxylic acids is 1. The van der Waals surface area contributed by atoms with Crippen LogP contribution in [0.25, 0.3) is 11.1 Å². The van der Waals surface area contributed by atoms with Gasteiger partial charge in [-0.25, -0.2) is 0 Å². The van der Waals surface area contributed by atoms with Crippen molar-refractivity contribution < 1.29 is 49.0 Å². The van der Waals surface area contributed by atoms with Crippen molar-refractivity contribution >= 4 is 5.91 Å². The molecular weight excluding hydrogens is 531 g/mol. The summed E-state index contributed by atoms with van der Waals surface area (Å²) in [5.41, 5.74) is -4.35. The van der Waals surface area contributed by atoms with Crippen LogP contribution in [0, 0.1) is 0 Å². The number of nitrogens with zero attached hydrogens (tertiary/aromatic N) is 2. The van der Waals surface area contributed by atoms with E-state index in [-0.39, 0.29) is 42.8 Å². The SMILES string of the molecule is O=C(c1ccc(-c2cc(C(F)(F)F)cc(C(F)(F)F)c2)c(OC(F)(F)F)c1)N1CCC(c2cccnc2)C1. The van der Waals surface area contributed by atoms with Gasteiger partial charge in [0.1, 0.15) is 5.75 Å². The molecule has 2 aromatic carbocycles. The van der Waals surface area contributed by atoms with E-state index in [1.165, 1.54) is 4.90 Å². The molecule has 1 amide bonds. The minimum atomic E-state index is -5.34. The maximum absolute atomic E-state index is 13.3. The van der Waals surface area contributed by atoms with E-state index in [9.17, 15) is 44.3 Å². The molecule has 0 spiro atoms. The molecule has 4 rings (SSSR count). The maximum Gasteiger partial charge on any atom is 0.573 e. The van der Waals surface area contributed by atoms with E-state index in [0.717, 1.165) is 17.7 Å². The molecule has 0 aliphatic carbocycles. The number of hydrogen-bond donors (Lipinski definition) is 0. The van der Waals surface area contributed by atoms with Crippen LogP contribution in [0.15, 0.2) is 60.9 Å². The summed E-state index contributed by atoms with van der Waals surface area (Å²) < 4.78 is 123. The summed E-state index contributed by atoms with van der Waals surface area (Å²) in [5.74, 6) is -1.85. The molecule has 2 heterocycles. The molecule has 13 heteroatoms. The average Bonchev–Trinajstić information content (AvgIpc) is 3.32. The lowest BCUT2D eigenvalue weighted by molar-refractivity contribution is -0.274. The standard InChI is InChI=1S/C25H17F9N2O2/c26-23(27,28)18-8-17(9-19(11-18)24(29,30)31)20-4-3-14(10-21(20)38-25(32,33)34)22(37)36-7-5-16(13-36)15-2-1-6-35-12-15/h1-4,6,8-12,16H,5,7,13H2. The van der Waals surface area contributed by atoms with E-state index in [4.69, 9.17) is 0 Å². The number of ether oxygens (including phenoxy) is 1. The predicted octanol–water partition coefficient (Wildman–Crippen LogP) is 7.31. The highest BCUT2D eigenvalue weighted by atomic mass is 19.4. The smallest absolute Gasteiger partial charge is 0.405 e. The van der Waals surface area contributed by atoms with Gasteiger partial charge in [0.25, 0.3) is 5.91 Å². The summed E-state index contributed by atoms with van der Waals surface area (Å²) in [5, 5.41) is 0. The summed E-state index contributed by atoms with van der Waals surface area (Å²) in [4.78, 5) is 18.4. The third-order valence-corrected chi connectivity index (χ3v) is 5.98. The molecule has 0 N–H and O–H groups in total. The van der Waals surface area contributed by atoms with Gasteiger partial charge in [-0.05, 0) is 60.0 Å². The van der Waals surface area contributed by atoms with Crippen molar-refractivity contribution in [3.8, 4) is 16.9 Å². The van der Waals surface area contributed by atoms with Crippen LogP contribution in [0.1, 0.15) is 39.4 Å². The lowest BCUT2D eigenvalue weighted by Gasteiger charge is -2.20. The van der Waals surface area contributed by atoms with Crippen LogP contribution in [0.5, 0.6) is 5.75 Å². The monoisotopic (exact) mass is 548 g/mol. The molecule has 1 saturated heterocycles. The number of alkyl halides is 9. The Hall–Kier alpha value is -3.77. The summed E-state index contributed by atoms with van der Waals surface area (Å²) >= 11 is 0. The van der Waals surface area contributed by atoms with Crippen molar-refractivity contribution in [2.24, 2.45) is 0 Å². The fourth-order valence-corrected chi connectivity index (χ4v) is 4.23. The number of hydrogen-bond acceptors (Lipinski definition) is 3. The highest BCUT2D eigenvalue weighted by molar-refractivity contribution is 5.96. The molecule has 1 fully saturated rings. The number of likely N-dealkylation sites (tertiary alicyclic amines) is 1. The lowest BCUT2D eigenvalue weighted by atomic mass is 9.97. The predicted molar refractivity (Wildman–Crippen MR) is 116 cm³/mol. The third kappa shape index (κ3) is 6.20. The zero-order valence-corrected chi connectivity index (χ0v) is 19.1. The van der Waals surface area contributed by atoms with Gasteiger partial charge in [0, 0.05) is 42.5 Å². The molecule has 0 saturated carbocycles. The Bertz CT molecular complexity index is 1290. The summed E-state index contributed by atoms with van der Waals surface area (Å²) in [7, 11) is 0. The van der Waals surface area contributed by atoms with Crippen LogP contribution in [0.4, 0.5) is 39.5 Å². The van der Waals surface area contributed by atoms with Gasteiger partial charge in [0.15, 0.2) is 0 Å². The quantitative estimate of drug-likeness (QED) is 0.321. The molecule has 1 atom stereocenters. The average molecular weight is 548 g/mol. The van der Waals surface area contributed by atoms with E-state index in [2.05, 4.69) is 9.72 Å². The first kappa shape index (κ1) is 27.3. The van der Waals surface area contributed by atoms with Crippen molar-refractivity contribution in [2.45, 2.75) is 31.1 Å². The van der Waals surface area contributed by atoms with Crippen molar-refractivity contribution in [1.29, 1.82) is 0 Å². The van der Waals surface area contributed by atoms with E-state index < -0.39 is 52.6 Å². The zero-order valence-electron chi connectivity index (χ0n) is 19.1. The van der Waals surface area contributed by atoms with Gasteiger partial charge in [-0.1, -0.05) is 6.07 Å². The van der Waals surface area contributed by atoms with Gasteiger partial charge in [0.2, 0.25) is 0 Å². The normalized spacial score (nSPS) is 16.6. The first-order valence-electron chi connectivity index (χ1n) is 11.0. The van der Waals surface area contributed by atoms with Gasteiger partial charge < -0.3 is 9.64 Å². The van der Waals surface area contributed by atoms with Crippen molar-refractivity contribution in [3.63, 3.8) is 0 Å². The van der Waals surface area contributed by atoms with Crippen LogP contribution in [-0.4, -0.2) is 35.2 Å². The second kappa shape index (κ2) is 9.84. The molecule has 38 heavy (non-hydrogen) atoms. The van der Waals surface area contributed by atoms with Crippen molar-refractivity contribution in [1.82, 2.24) is 9.88 Å². The third-order valence-electron chi connectivity index (χ3n) is 5.98. The molecule has 1 unspecified atom stereocenters. The minimum absolute atomic E-state index is 0.0660. The summed E-state index contributed by atoms with van der Waals surface area (Å²) in [6.45, 7) is 0.516. The molecule has 3 aromatic rings. The molecule has 1 aromatic heterocycles. The van der Waals surface area contributed by atoms with Crippen LogP contribution in [-0.2, 0) is 12.4 Å². The van der Waals surface area contributed by atoms with Crippen LogP contribution < -0.4 is 4.74 Å². The fraction of sp³-hybridized carbons (Fsp3) is 0.280. The Morgan fingerprint density at radius 1 is 0.895 bits per heavy atom. The van der Waals surface area contributed by atoms with Crippen molar-refractivity contribution in [2.75, 3.05) is 13.1 Å². The minimum Gasteiger partial charge on any atom is -0.405 e. The van der Waals surface area contributed by atoms with Gasteiger partial charge in [-0.3, -0.25) is 9.78 Å². The molecular formula is C25H17F9N2O2. The largest absolute Gasteiger partial charge is 0.573 e. The second-order valence-corrected chi connectivity index (χ2v) is 8.58. The number of benzene rings is 2. The summed E-state index contributed by atoms with van der Waals surface area (Å²) in [6, 6.07) is 6.50. The number of halogens is 9. The van der Waals surface area contributed by atoms with Crippen LogP contribution >= 0.6 is 0 Å². The van der Waals surface area contributed by atoms with Gasteiger partial charge in [0.05, 0.1) is 11.1 Å². The molecule has 0 radical (unpaired) electrons. The summed E-state index contributed by atoms with van der Waals surface area (Å²) in [6.07, 6.45) is -12.0. The lowest BCUT2D eigenvalue weighted by Crippen LogP contribution is -2.28. The highest BCUT2D eigenvalue weighted by Gasteiger charge is 2.38. The van der Waals surface area contributed by atoms with E-state index in [1.54, 1.807) is 18.5 Å². The van der Waals surface area contributed by atoms with Crippen LogP contribution in [0.2, 0.25) is 0 Å². The number of rotatable bonds is 4. The maximum atomic E-state index is 13.3. The second-order valence-electron chi connectivity index (χ2n) is 8.58.